The van der Waals surface area contributed by atoms with Crippen molar-refractivity contribution in [3.05, 3.63) is 33.8 Å². The molecule has 0 bridgehead atoms. The highest BCUT2D eigenvalue weighted by atomic mass is 35.5. The fourth-order valence-electron chi connectivity index (χ4n) is 1.27. The molecule has 15 heavy (non-hydrogen) atoms. The maximum Gasteiger partial charge on any atom is 0.0468 e. The Morgan fingerprint density at radius 2 is 2.00 bits per heavy atom. The number of aliphatic hydroxyl groups excluding tert-OH is 1. The van der Waals surface area contributed by atoms with Gasteiger partial charge in [-0.1, -0.05) is 29.3 Å². The van der Waals surface area contributed by atoms with Crippen LogP contribution in [0.5, 0.6) is 0 Å². The van der Waals surface area contributed by atoms with Crippen LogP contribution >= 0.6 is 35.6 Å². The Morgan fingerprint density at radius 3 is 2.53 bits per heavy atom. The lowest BCUT2D eigenvalue weighted by molar-refractivity contribution is 0.280. The molecule has 1 rings (SSSR count). The molecule has 1 aromatic rings. The molecule has 0 fully saturated rings. The van der Waals surface area contributed by atoms with E-state index >= 15 is 0 Å². The molecule has 0 heterocycles. The second-order valence-corrected chi connectivity index (χ2v) is 3.98. The van der Waals surface area contributed by atoms with Crippen LogP contribution in [0.25, 0.3) is 0 Å². The fourth-order valence-corrected chi connectivity index (χ4v) is 1.82. The summed E-state index contributed by atoms with van der Waals surface area (Å²) in [5, 5.41) is 9.86. The van der Waals surface area contributed by atoms with Gasteiger partial charge in [-0.25, -0.2) is 0 Å². The molecule has 0 unspecified atom stereocenters. The molecule has 1 atom stereocenters. The van der Waals surface area contributed by atoms with E-state index in [-0.39, 0.29) is 25.1 Å². The van der Waals surface area contributed by atoms with Gasteiger partial charge >= 0.3 is 0 Å². The van der Waals surface area contributed by atoms with Crippen LogP contribution in [-0.4, -0.2) is 11.7 Å². The molecule has 0 spiro atoms. The van der Waals surface area contributed by atoms with Crippen LogP contribution in [-0.2, 0) is 0 Å². The minimum absolute atomic E-state index is 0. The van der Waals surface area contributed by atoms with Gasteiger partial charge in [0.05, 0.1) is 0 Å². The summed E-state index contributed by atoms with van der Waals surface area (Å²) in [6.07, 6.45) is 1.40. The van der Waals surface area contributed by atoms with Crippen molar-refractivity contribution in [2.24, 2.45) is 5.73 Å². The first kappa shape index (κ1) is 15.0. The summed E-state index contributed by atoms with van der Waals surface area (Å²) in [5.41, 5.74) is 6.77. The smallest absolute Gasteiger partial charge is 0.0468 e. The number of hydrogen-bond donors (Lipinski definition) is 2. The van der Waals surface area contributed by atoms with Gasteiger partial charge in [-0.3, -0.25) is 0 Å². The van der Waals surface area contributed by atoms with Crippen molar-refractivity contribution in [1.82, 2.24) is 0 Å². The molecule has 0 radical (unpaired) electrons. The van der Waals surface area contributed by atoms with Crippen molar-refractivity contribution >= 4 is 35.6 Å². The predicted octanol–water partition coefficient (Wildman–Crippen LogP) is 3.19. The molecule has 0 aliphatic rings. The number of hydrogen-bond acceptors (Lipinski definition) is 2. The van der Waals surface area contributed by atoms with Gasteiger partial charge in [-0.2, -0.15) is 0 Å². The number of nitrogens with two attached hydrogens (primary N) is 1. The van der Waals surface area contributed by atoms with E-state index in [4.69, 9.17) is 34.0 Å². The average Bonchev–Trinajstić information content (AvgIpc) is 2.14. The summed E-state index contributed by atoms with van der Waals surface area (Å²) >= 11 is 11.7. The summed E-state index contributed by atoms with van der Waals surface area (Å²) in [7, 11) is 0. The topological polar surface area (TPSA) is 46.2 Å². The second-order valence-electron chi connectivity index (χ2n) is 3.14. The van der Waals surface area contributed by atoms with Crippen molar-refractivity contribution < 1.29 is 5.11 Å². The predicted molar refractivity (Wildman–Crippen MR) is 67.0 cm³/mol. The van der Waals surface area contributed by atoms with Gasteiger partial charge in [0.2, 0.25) is 0 Å². The summed E-state index contributed by atoms with van der Waals surface area (Å²) in [5.74, 6) is 0. The third kappa shape index (κ3) is 4.58. The fraction of sp³-hybridized carbons (Fsp3) is 0.400. The monoisotopic (exact) mass is 269 g/mol. The number of benzene rings is 1. The summed E-state index contributed by atoms with van der Waals surface area (Å²) in [4.78, 5) is 0. The van der Waals surface area contributed by atoms with E-state index in [1.54, 1.807) is 12.1 Å². The normalized spacial score (nSPS) is 12.0. The number of halogens is 3. The molecule has 0 aliphatic carbocycles. The molecule has 0 saturated carbocycles. The molecule has 0 amide bonds. The lowest BCUT2D eigenvalue weighted by atomic mass is 10.0. The molecule has 0 aliphatic heterocycles. The lowest BCUT2D eigenvalue weighted by Gasteiger charge is -2.12. The second kappa shape index (κ2) is 7.31. The summed E-state index contributed by atoms with van der Waals surface area (Å²) in [6, 6.07) is 5.14. The van der Waals surface area contributed by atoms with Gasteiger partial charge < -0.3 is 10.8 Å². The van der Waals surface area contributed by atoms with Gasteiger partial charge in [0.1, 0.15) is 0 Å². The third-order valence-corrected chi connectivity index (χ3v) is 2.60. The summed E-state index contributed by atoms with van der Waals surface area (Å²) in [6.45, 7) is 0.152. The Labute approximate surface area is 106 Å². The first-order chi connectivity index (χ1) is 6.65. The standard InChI is InChI=1S/C10H13Cl2NO.ClH/c11-7-3-4-8(9(12)6-7)10(13)2-1-5-14;/h3-4,6,10,14H,1-2,5,13H2;1H/t10-;/m1./s1. The number of aliphatic hydroxyl groups is 1. The van der Waals surface area contributed by atoms with Gasteiger partial charge in [-0.15, -0.1) is 12.4 Å². The van der Waals surface area contributed by atoms with Crippen molar-refractivity contribution in [3.8, 4) is 0 Å². The van der Waals surface area contributed by atoms with Gasteiger partial charge in [0.15, 0.2) is 0 Å². The Morgan fingerprint density at radius 1 is 1.33 bits per heavy atom. The minimum atomic E-state index is -0.132. The SMILES string of the molecule is Cl.N[C@H](CCCO)c1ccc(Cl)cc1Cl. The van der Waals surface area contributed by atoms with E-state index in [0.29, 0.717) is 16.5 Å². The zero-order chi connectivity index (χ0) is 10.6. The van der Waals surface area contributed by atoms with Gasteiger partial charge in [-0.05, 0) is 30.5 Å². The van der Waals surface area contributed by atoms with Crippen LogP contribution in [0.3, 0.4) is 0 Å². The van der Waals surface area contributed by atoms with Crippen molar-refractivity contribution in [2.45, 2.75) is 18.9 Å². The van der Waals surface area contributed by atoms with E-state index in [0.717, 1.165) is 12.0 Å². The Balaban J connectivity index is 0.00000196. The highest BCUT2D eigenvalue weighted by Crippen LogP contribution is 2.27. The van der Waals surface area contributed by atoms with Gasteiger partial charge in [0.25, 0.3) is 0 Å². The highest BCUT2D eigenvalue weighted by molar-refractivity contribution is 6.35. The van der Waals surface area contributed by atoms with E-state index in [1.165, 1.54) is 0 Å². The van der Waals surface area contributed by atoms with Crippen molar-refractivity contribution in [2.75, 3.05) is 6.61 Å². The van der Waals surface area contributed by atoms with Crippen LogP contribution in [0, 0.1) is 0 Å². The molecule has 86 valence electrons. The molecular weight excluding hydrogens is 256 g/mol. The first-order valence-corrected chi connectivity index (χ1v) is 5.22. The average molecular weight is 271 g/mol. The van der Waals surface area contributed by atoms with E-state index in [2.05, 4.69) is 0 Å². The Hall–Kier alpha value is 0.01000. The minimum Gasteiger partial charge on any atom is -0.396 e. The van der Waals surface area contributed by atoms with E-state index in [9.17, 15) is 0 Å². The molecule has 0 saturated heterocycles. The molecular formula is C10H14Cl3NO. The Bertz CT molecular complexity index is 307. The molecule has 1 aromatic carbocycles. The maximum absolute atomic E-state index is 8.67. The van der Waals surface area contributed by atoms with Crippen LogP contribution < -0.4 is 5.73 Å². The summed E-state index contributed by atoms with van der Waals surface area (Å²) < 4.78 is 0. The quantitative estimate of drug-likeness (QED) is 0.883. The van der Waals surface area contributed by atoms with E-state index < -0.39 is 0 Å². The maximum atomic E-state index is 8.67. The van der Waals surface area contributed by atoms with Crippen LogP contribution in [0.15, 0.2) is 18.2 Å². The highest BCUT2D eigenvalue weighted by Gasteiger charge is 2.09. The largest absolute Gasteiger partial charge is 0.396 e. The van der Waals surface area contributed by atoms with Crippen LogP contribution in [0.2, 0.25) is 10.0 Å². The lowest BCUT2D eigenvalue weighted by Crippen LogP contribution is -2.11. The molecule has 0 aromatic heterocycles. The zero-order valence-electron chi connectivity index (χ0n) is 8.12. The van der Waals surface area contributed by atoms with Crippen molar-refractivity contribution in [3.63, 3.8) is 0 Å². The Kier molecular flexibility index (Phi) is 7.32. The molecule has 5 heteroatoms. The molecule has 2 nitrogen and oxygen atoms in total. The first-order valence-electron chi connectivity index (χ1n) is 4.46. The number of rotatable bonds is 4. The van der Waals surface area contributed by atoms with E-state index in [1.807, 2.05) is 6.07 Å². The van der Waals surface area contributed by atoms with Crippen LogP contribution in [0.4, 0.5) is 0 Å². The molecule has 3 N–H and O–H groups in total. The third-order valence-electron chi connectivity index (χ3n) is 2.04. The van der Waals surface area contributed by atoms with Gasteiger partial charge in [0, 0.05) is 22.7 Å². The zero-order valence-corrected chi connectivity index (χ0v) is 10.4. The van der Waals surface area contributed by atoms with Crippen LogP contribution in [0.1, 0.15) is 24.4 Å². The van der Waals surface area contributed by atoms with Crippen molar-refractivity contribution in [1.29, 1.82) is 0 Å².